The van der Waals surface area contributed by atoms with Crippen LogP contribution in [0.4, 0.5) is 0 Å². The zero-order chi connectivity index (χ0) is 19.5. The average molecular weight is 371 g/mol. The molecule has 4 rings (SSSR count). The van der Waals surface area contributed by atoms with Crippen molar-refractivity contribution in [3.63, 3.8) is 0 Å². The van der Waals surface area contributed by atoms with Crippen molar-refractivity contribution < 1.29 is 13.9 Å². The molecule has 5 heteroatoms. The van der Waals surface area contributed by atoms with Crippen molar-refractivity contribution in [2.75, 3.05) is 6.61 Å². The molecule has 0 amide bonds. The lowest BCUT2D eigenvalue weighted by Gasteiger charge is -2.13. The summed E-state index contributed by atoms with van der Waals surface area (Å²) in [6, 6.07) is 20.2. The number of fused-ring (bicyclic) bond motifs is 3. The largest absolute Gasteiger partial charge is 0.490 e. The Morgan fingerprint density at radius 2 is 1.86 bits per heavy atom. The van der Waals surface area contributed by atoms with Crippen molar-refractivity contribution in [3.05, 3.63) is 82.2 Å². The van der Waals surface area contributed by atoms with Crippen LogP contribution in [0.2, 0.25) is 0 Å². The molecule has 1 heterocycles. The number of benzene rings is 3. The number of rotatable bonds is 5. The fraction of sp³-hybridized carbons (Fsp3) is 0.130. The fourth-order valence-corrected chi connectivity index (χ4v) is 3.25. The Bertz CT molecular complexity index is 1270. The van der Waals surface area contributed by atoms with Crippen LogP contribution < -0.4 is 15.1 Å². The van der Waals surface area contributed by atoms with E-state index in [4.69, 9.17) is 19.2 Å². The van der Waals surface area contributed by atoms with Gasteiger partial charge in [0, 0.05) is 23.1 Å². The number of hydrogen-bond donors (Lipinski definition) is 0. The van der Waals surface area contributed by atoms with Crippen LogP contribution in [0.5, 0.6) is 11.5 Å². The number of nitrogens with zero attached hydrogens (tertiary/aromatic N) is 1. The van der Waals surface area contributed by atoms with Crippen molar-refractivity contribution in [2.24, 2.45) is 0 Å². The monoisotopic (exact) mass is 371 g/mol. The summed E-state index contributed by atoms with van der Waals surface area (Å²) in [5.41, 5.74) is 1.32. The molecule has 0 aliphatic carbocycles. The first-order chi connectivity index (χ1) is 13.7. The first-order valence-corrected chi connectivity index (χ1v) is 8.94. The molecule has 0 radical (unpaired) electrons. The maximum atomic E-state index is 12.0. The summed E-state index contributed by atoms with van der Waals surface area (Å²) >= 11 is 0. The molecule has 0 N–H and O–H groups in total. The number of hydrogen-bond acceptors (Lipinski definition) is 5. The summed E-state index contributed by atoms with van der Waals surface area (Å²) in [6.07, 6.45) is 0. The van der Waals surface area contributed by atoms with Crippen LogP contribution in [0.15, 0.2) is 69.9 Å². The topological polar surface area (TPSA) is 72.5 Å². The van der Waals surface area contributed by atoms with Gasteiger partial charge in [0.05, 0.1) is 18.2 Å². The van der Waals surface area contributed by atoms with Gasteiger partial charge in [-0.2, -0.15) is 5.26 Å². The van der Waals surface area contributed by atoms with E-state index < -0.39 is 5.63 Å². The molecule has 28 heavy (non-hydrogen) atoms. The van der Waals surface area contributed by atoms with E-state index in [0.717, 1.165) is 21.7 Å². The normalized spacial score (nSPS) is 10.7. The van der Waals surface area contributed by atoms with Crippen LogP contribution in [-0.4, -0.2) is 6.61 Å². The highest BCUT2D eigenvalue weighted by Gasteiger charge is 2.12. The van der Waals surface area contributed by atoms with E-state index in [2.05, 4.69) is 6.07 Å². The standard InChI is InChI=1S/C23H17NO4/c1-2-26-21-11-15(13-24)7-9-19(21)27-14-17-12-22(25)28-20-10-8-16-5-3-4-6-18(16)23(17)20/h3-12H,2,14H2,1H3. The molecule has 0 unspecified atom stereocenters. The van der Waals surface area contributed by atoms with Crippen LogP contribution in [0.3, 0.4) is 0 Å². The lowest BCUT2D eigenvalue weighted by Crippen LogP contribution is -2.05. The van der Waals surface area contributed by atoms with Gasteiger partial charge in [-0.15, -0.1) is 0 Å². The van der Waals surface area contributed by atoms with Crippen LogP contribution >= 0.6 is 0 Å². The van der Waals surface area contributed by atoms with Crippen molar-refractivity contribution in [2.45, 2.75) is 13.5 Å². The predicted molar refractivity (Wildman–Crippen MR) is 107 cm³/mol. The van der Waals surface area contributed by atoms with Gasteiger partial charge in [-0.05, 0) is 35.9 Å². The minimum absolute atomic E-state index is 0.169. The Morgan fingerprint density at radius 1 is 1.00 bits per heavy atom. The van der Waals surface area contributed by atoms with Gasteiger partial charge in [0.15, 0.2) is 11.5 Å². The summed E-state index contributed by atoms with van der Waals surface area (Å²) in [7, 11) is 0. The first kappa shape index (κ1) is 17.6. The molecule has 0 bridgehead atoms. The van der Waals surface area contributed by atoms with Crippen molar-refractivity contribution in [3.8, 4) is 17.6 Å². The second-order valence-corrected chi connectivity index (χ2v) is 6.25. The van der Waals surface area contributed by atoms with Crippen LogP contribution in [0.25, 0.3) is 21.7 Å². The van der Waals surface area contributed by atoms with Gasteiger partial charge in [0.1, 0.15) is 12.2 Å². The van der Waals surface area contributed by atoms with E-state index >= 15 is 0 Å². The van der Waals surface area contributed by atoms with Crippen molar-refractivity contribution in [1.82, 2.24) is 0 Å². The third-order valence-electron chi connectivity index (χ3n) is 4.47. The molecule has 0 saturated heterocycles. The summed E-state index contributed by atoms with van der Waals surface area (Å²) < 4.78 is 16.9. The maximum Gasteiger partial charge on any atom is 0.336 e. The summed E-state index contributed by atoms with van der Waals surface area (Å²) in [5.74, 6) is 1.01. The van der Waals surface area contributed by atoms with Gasteiger partial charge in [0.2, 0.25) is 0 Å². The highest BCUT2D eigenvalue weighted by molar-refractivity contribution is 6.07. The highest BCUT2D eigenvalue weighted by atomic mass is 16.5. The minimum Gasteiger partial charge on any atom is -0.490 e. The Balaban J connectivity index is 1.78. The SMILES string of the molecule is CCOc1cc(C#N)ccc1OCc1cc(=O)oc2ccc3ccccc3c12. The molecule has 0 aliphatic rings. The van der Waals surface area contributed by atoms with E-state index in [-0.39, 0.29) is 6.61 Å². The fourth-order valence-electron chi connectivity index (χ4n) is 3.25. The Morgan fingerprint density at radius 3 is 2.68 bits per heavy atom. The Kier molecular flexibility index (Phi) is 4.69. The molecule has 0 spiro atoms. The molecule has 5 nitrogen and oxygen atoms in total. The molecule has 3 aromatic carbocycles. The van der Waals surface area contributed by atoms with Crippen molar-refractivity contribution in [1.29, 1.82) is 5.26 Å². The number of ether oxygens (including phenoxy) is 2. The lowest BCUT2D eigenvalue weighted by atomic mass is 10.0. The molecule has 0 atom stereocenters. The Labute approximate surface area is 161 Å². The molecule has 4 aromatic rings. The predicted octanol–water partition coefficient (Wildman–Crippen LogP) is 4.80. The second-order valence-electron chi connectivity index (χ2n) is 6.25. The molecule has 0 fully saturated rings. The maximum absolute atomic E-state index is 12.0. The van der Waals surface area contributed by atoms with Gasteiger partial charge in [-0.3, -0.25) is 0 Å². The summed E-state index contributed by atoms with van der Waals surface area (Å²) in [4.78, 5) is 12.0. The van der Waals surface area contributed by atoms with E-state index in [9.17, 15) is 4.79 Å². The third-order valence-corrected chi connectivity index (χ3v) is 4.47. The van der Waals surface area contributed by atoms with Crippen molar-refractivity contribution >= 4 is 21.7 Å². The molecular formula is C23H17NO4. The second kappa shape index (κ2) is 7.45. The molecular weight excluding hydrogens is 354 g/mol. The molecule has 0 saturated carbocycles. The molecule has 138 valence electrons. The van der Waals surface area contributed by atoms with Crippen LogP contribution in [-0.2, 0) is 6.61 Å². The highest BCUT2D eigenvalue weighted by Crippen LogP contribution is 2.31. The van der Waals surface area contributed by atoms with E-state index in [1.54, 1.807) is 24.3 Å². The van der Waals surface area contributed by atoms with Gasteiger partial charge in [0.25, 0.3) is 0 Å². The van der Waals surface area contributed by atoms with Gasteiger partial charge < -0.3 is 13.9 Å². The van der Waals surface area contributed by atoms with E-state index in [0.29, 0.717) is 29.3 Å². The third kappa shape index (κ3) is 3.28. The van der Waals surface area contributed by atoms with Gasteiger partial charge in [-0.25, -0.2) is 4.79 Å². The van der Waals surface area contributed by atoms with Gasteiger partial charge in [-0.1, -0.05) is 30.3 Å². The zero-order valence-corrected chi connectivity index (χ0v) is 15.3. The van der Waals surface area contributed by atoms with E-state index in [1.165, 1.54) is 6.07 Å². The van der Waals surface area contributed by atoms with Crippen LogP contribution in [0, 0.1) is 11.3 Å². The Hall–Kier alpha value is -3.78. The summed E-state index contributed by atoms with van der Waals surface area (Å²) in [6.45, 7) is 2.49. The number of nitriles is 1. The van der Waals surface area contributed by atoms with Gasteiger partial charge >= 0.3 is 5.63 Å². The summed E-state index contributed by atoms with van der Waals surface area (Å²) in [5, 5.41) is 12.0. The first-order valence-electron chi connectivity index (χ1n) is 8.94. The smallest absolute Gasteiger partial charge is 0.336 e. The minimum atomic E-state index is -0.425. The van der Waals surface area contributed by atoms with Crippen LogP contribution in [0.1, 0.15) is 18.1 Å². The molecule has 0 aliphatic heterocycles. The van der Waals surface area contributed by atoms with E-state index in [1.807, 2.05) is 37.3 Å². The lowest BCUT2D eigenvalue weighted by molar-refractivity contribution is 0.269. The zero-order valence-electron chi connectivity index (χ0n) is 15.3. The molecule has 1 aromatic heterocycles. The average Bonchev–Trinajstić information content (AvgIpc) is 2.72. The quantitative estimate of drug-likeness (QED) is 0.372.